The van der Waals surface area contributed by atoms with Crippen LogP contribution in [0, 0.1) is 11.6 Å². The zero-order valence-corrected chi connectivity index (χ0v) is 18.8. The largest absolute Gasteiger partial charge is 0.468 e. The average Bonchev–Trinajstić information content (AvgIpc) is 3.14. The molecule has 3 amide bonds. The van der Waals surface area contributed by atoms with Gasteiger partial charge in [-0.1, -0.05) is 13.8 Å². The predicted molar refractivity (Wildman–Crippen MR) is 117 cm³/mol. The van der Waals surface area contributed by atoms with Gasteiger partial charge >= 0.3 is 6.03 Å². The van der Waals surface area contributed by atoms with Gasteiger partial charge in [-0.3, -0.25) is 10.1 Å². The second-order valence-corrected chi connectivity index (χ2v) is 7.73. The quantitative estimate of drug-likeness (QED) is 0.398. The number of carbonyl (C=O) groups excluding carboxylic acids is 2. The molecule has 1 aromatic carbocycles. The van der Waals surface area contributed by atoms with E-state index in [2.05, 4.69) is 15.0 Å². The number of amides is 3. The number of hydrogen-bond acceptors (Lipinski definition) is 7. The fraction of sp³-hybridized carbons (Fsp3) is 0.450. The molecule has 2 atom stereocenters. The minimum Gasteiger partial charge on any atom is -0.468 e. The molecule has 0 aliphatic rings. The molecule has 0 bridgehead atoms. The number of ether oxygens (including phenoxy) is 1. The first kappa shape index (κ1) is 25.4. The van der Waals surface area contributed by atoms with Gasteiger partial charge in [0.25, 0.3) is 5.91 Å². The Hall–Kier alpha value is -2.83. The number of carbonyl (C=O) groups is 2. The Kier molecular flexibility index (Phi) is 9.29. The lowest BCUT2D eigenvalue weighted by Gasteiger charge is -2.22. The molecule has 2 rings (SSSR count). The van der Waals surface area contributed by atoms with Crippen LogP contribution in [0.5, 0.6) is 5.88 Å². The van der Waals surface area contributed by atoms with Crippen molar-refractivity contribution in [2.45, 2.75) is 33.0 Å². The van der Waals surface area contributed by atoms with Crippen molar-refractivity contribution in [1.82, 2.24) is 14.6 Å². The lowest BCUT2D eigenvalue weighted by atomic mass is 10.1. The number of aliphatic hydroxyl groups is 1. The highest BCUT2D eigenvalue weighted by molar-refractivity contribution is 7.11. The van der Waals surface area contributed by atoms with Crippen molar-refractivity contribution in [2.75, 3.05) is 31.5 Å². The van der Waals surface area contributed by atoms with E-state index in [0.717, 1.165) is 42.8 Å². The van der Waals surface area contributed by atoms with Crippen LogP contribution in [-0.2, 0) is 0 Å². The number of likely N-dealkylation sites (N-methyl/N-ethyl adjacent to an activating group) is 1. The summed E-state index contributed by atoms with van der Waals surface area (Å²) in [4.78, 5) is 26.1. The van der Waals surface area contributed by atoms with Crippen molar-refractivity contribution in [2.24, 2.45) is 5.73 Å². The number of nitrogens with zero attached hydrogens (tertiary/aromatic N) is 2. The molecule has 0 aliphatic carbocycles. The van der Waals surface area contributed by atoms with E-state index in [9.17, 15) is 23.5 Å². The van der Waals surface area contributed by atoms with Crippen LogP contribution in [0.1, 0.15) is 42.8 Å². The van der Waals surface area contributed by atoms with Crippen LogP contribution < -0.4 is 21.1 Å². The maximum atomic E-state index is 14.0. The smallest absolute Gasteiger partial charge is 0.320 e. The second kappa shape index (κ2) is 11.7. The highest BCUT2D eigenvalue weighted by atomic mass is 32.1. The number of anilines is 1. The third-order valence-electron chi connectivity index (χ3n) is 4.68. The number of aliphatic hydroxyl groups excluding tert-OH is 1. The van der Waals surface area contributed by atoms with Crippen LogP contribution in [0.25, 0.3) is 0 Å². The number of primary amides is 1. The van der Waals surface area contributed by atoms with Crippen molar-refractivity contribution >= 4 is 28.5 Å². The Labute approximate surface area is 188 Å². The van der Waals surface area contributed by atoms with E-state index in [0.29, 0.717) is 6.54 Å². The van der Waals surface area contributed by atoms with Crippen molar-refractivity contribution < 1.29 is 28.2 Å². The first-order valence-corrected chi connectivity index (χ1v) is 10.8. The summed E-state index contributed by atoms with van der Waals surface area (Å²) in [5.74, 6) is -2.46. The van der Waals surface area contributed by atoms with Crippen LogP contribution in [0.15, 0.2) is 18.2 Å². The molecule has 5 N–H and O–H groups in total. The Bertz CT molecular complexity index is 939. The highest BCUT2D eigenvalue weighted by Crippen LogP contribution is 2.33. The number of urea groups is 1. The number of rotatable bonds is 11. The third-order valence-corrected chi connectivity index (χ3v) is 5.43. The second-order valence-electron chi connectivity index (χ2n) is 6.96. The van der Waals surface area contributed by atoms with Crippen molar-refractivity contribution in [1.29, 1.82) is 0 Å². The van der Waals surface area contributed by atoms with E-state index in [-0.39, 0.29) is 28.6 Å². The number of aromatic nitrogens is 1. The van der Waals surface area contributed by atoms with E-state index >= 15 is 0 Å². The fourth-order valence-electron chi connectivity index (χ4n) is 2.92. The monoisotopic (exact) mass is 471 g/mol. The first-order chi connectivity index (χ1) is 15.2. The SMILES string of the molecule is CCN(CC)CC(O)CNC(=O)Nc1snc(OC(C)c2cc(F)ccc2F)c1C(N)=O. The third kappa shape index (κ3) is 6.84. The minimum atomic E-state index is -0.984. The van der Waals surface area contributed by atoms with E-state index < -0.39 is 35.8 Å². The zero-order chi connectivity index (χ0) is 23.8. The van der Waals surface area contributed by atoms with Gasteiger partial charge in [0, 0.05) is 18.7 Å². The summed E-state index contributed by atoms with van der Waals surface area (Å²) < 4.78 is 36.9. The van der Waals surface area contributed by atoms with Crippen LogP contribution in [0.3, 0.4) is 0 Å². The number of nitrogens with two attached hydrogens (primary N) is 1. The van der Waals surface area contributed by atoms with Crippen molar-refractivity contribution in [3.05, 3.63) is 41.0 Å². The molecule has 32 heavy (non-hydrogen) atoms. The average molecular weight is 472 g/mol. The lowest BCUT2D eigenvalue weighted by molar-refractivity contribution is 0.0994. The van der Waals surface area contributed by atoms with E-state index in [1.54, 1.807) is 0 Å². The Morgan fingerprint density at radius 2 is 2.00 bits per heavy atom. The highest BCUT2D eigenvalue weighted by Gasteiger charge is 2.25. The summed E-state index contributed by atoms with van der Waals surface area (Å²) in [7, 11) is 0. The van der Waals surface area contributed by atoms with Crippen LogP contribution in [0.4, 0.5) is 18.6 Å². The molecule has 0 radical (unpaired) electrons. The first-order valence-electron chi connectivity index (χ1n) is 10.0. The molecule has 0 aliphatic heterocycles. The molecular formula is C20H27F2N5O4S. The molecule has 0 saturated heterocycles. The van der Waals surface area contributed by atoms with E-state index in [4.69, 9.17) is 10.5 Å². The normalized spacial score (nSPS) is 13.0. The summed E-state index contributed by atoms with van der Waals surface area (Å²) >= 11 is 0.743. The molecule has 2 unspecified atom stereocenters. The van der Waals surface area contributed by atoms with Gasteiger partial charge < -0.3 is 25.8 Å². The topological polar surface area (TPSA) is 130 Å². The zero-order valence-electron chi connectivity index (χ0n) is 18.0. The van der Waals surface area contributed by atoms with Gasteiger partial charge in [-0.15, -0.1) is 0 Å². The maximum absolute atomic E-state index is 14.0. The Balaban J connectivity index is 2.05. The number of hydrogen-bond donors (Lipinski definition) is 4. The number of halogens is 2. The summed E-state index contributed by atoms with van der Waals surface area (Å²) in [6.07, 6.45) is -1.76. The standard InChI is InChI=1S/C20H27F2N5O4S/c1-4-27(5-2)10-13(28)9-24-20(30)25-19-16(17(23)29)18(26-32-19)31-11(3)14-8-12(21)6-7-15(14)22/h6-8,11,13,28H,4-5,9-10H2,1-3H3,(H2,23,29)(H2,24,25,30). The molecule has 0 saturated carbocycles. The fourth-order valence-corrected chi connectivity index (χ4v) is 3.64. The van der Waals surface area contributed by atoms with Crippen LogP contribution in [0.2, 0.25) is 0 Å². The number of benzene rings is 1. The van der Waals surface area contributed by atoms with Crippen LogP contribution >= 0.6 is 11.5 Å². The summed E-state index contributed by atoms with van der Waals surface area (Å²) in [5, 5.41) is 15.0. The van der Waals surface area contributed by atoms with Gasteiger partial charge in [-0.25, -0.2) is 13.6 Å². The van der Waals surface area contributed by atoms with Gasteiger partial charge in [0.05, 0.1) is 6.10 Å². The van der Waals surface area contributed by atoms with E-state index in [1.165, 1.54) is 6.92 Å². The van der Waals surface area contributed by atoms with E-state index in [1.807, 2.05) is 18.7 Å². The van der Waals surface area contributed by atoms with Gasteiger partial charge in [-0.05, 0) is 49.7 Å². The van der Waals surface area contributed by atoms with Crippen molar-refractivity contribution in [3.63, 3.8) is 0 Å². The molecule has 0 fully saturated rings. The van der Waals surface area contributed by atoms with Gasteiger partial charge in [-0.2, -0.15) is 4.37 Å². The molecule has 12 heteroatoms. The van der Waals surface area contributed by atoms with Crippen molar-refractivity contribution in [3.8, 4) is 5.88 Å². The molecule has 0 spiro atoms. The number of nitrogens with one attached hydrogen (secondary N) is 2. The predicted octanol–water partition coefficient (Wildman–Crippen LogP) is 2.48. The lowest BCUT2D eigenvalue weighted by Crippen LogP contribution is -2.41. The maximum Gasteiger partial charge on any atom is 0.320 e. The molecular weight excluding hydrogens is 444 g/mol. The molecule has 176 valence electrons. The summed E-state index contributed by atoms with van der Waals surface area (Å²) in [6, 6.07) is 2.24. The van der Waals surface area contributed by atoms with Crippen LogP contribution in [-0.4, -0.2) is 58.6 Å². The Morgan fingerprint density at radius 1 is 1.31 bits per heavy atom. The molecule has 1 aromatic heterocycles. The Morgan fingerprint density at radius 3 is 2.62 bits per heavy atom. The van der Waals surface area contributed by atoms with Gasteiger partial charge in [0.1, 0.15) is 28.3 Å². The molecule has 2 aromatic rings. The van der Waals surface area contributed by atoms with Gasteiger partial charge in [0.2, 0.25) is 5.88 Å². The molecule has 9 nitrogen and oxygen atoms in total. The molecule has 1 heterocycles. The minimum absolute atomic E-state index is 0.00766. The summed E-state index contributed by atoms with van der Waals surface area (Å²) in [6.45, 7) is 7.31. The summed E-state index contributed by atoms with van der Waals surface area (Å²) in [5.41, 5.74) is 5.14. The van der Waals surface area contributed by atoms with Gasteiger partial charge in [0.15, 0.2) is 0 Å².